The van der Waals surface area contributed by atoms with Crippen molar-refractivity contribution in [2.45, 2.75) is 60.8 Å². The van der Waals surface area contributed by atoms with Gasteiger partial charge in [-0.3, -0.25) is 25.1 Å². The molecular weight excluding hydrogens is 598 g/mol. The Morgan fingerprint density at radius 1 is 1.02 bits per heavy atom. The van der Waals surface area contributed by atoms with Crippen LogP contribution >= 0.6 is 0 Å². The van der Waals surface area contributed by atoms with Gasteiger partial charge in [-0.1, -0.05) is 13.8 Å². The van der Waals surface area contributed by atoms with E-state index in [4.69, 9.17) is 24.5 Å². The van der Waals surface area contributed by atoms with E-state index in [-0.39, 0.29) is 30.0 Å². The van der Waals surface area contributed by atoms with Crippen molar-refractivity contribution in [1.82, 2.24) is 10.8 Å². The lowest BCUT2D eigenvalue weighted by atomic mass is 9.78. The SMILES string of the molecule is CCC1=C(C)C2=CC3=NC(=C(C)C3=CNO)C=C3NC(=C4C5=NC(=CC1=N2)C(C)=C5C(=O)C4(C)C(=O)OC)C(CCC(=O)OC)C3C. The number of ether oxygens (including phenoxy) is 2. The van der Waals surface area contributed by atoms with Gasteiger partial charge in [0, 0.05) is 47.0 Å². The molecule has 5 heterocycles. The van der Waals surface area contributed by atoms with Crippen LogP contribution in [0.25, 0.3) is 0 Å². The van der Waals surface area contributed by atoms with Gasteiger partial charge in [-0.05, 0) is 81.1 Å². The highest BCUT2D eigenvalue weighted by molar-refractivity contribution is 6.44. The number of methoxy groups -OCH3 is 2. The molecule has 3 atom stereocenters. The van der Waals surface area contributed by atoms with Crippen molar-refractivity contribution in [3.63, 3.8) is 0 Å². The normalized spacial score (nSPS) is 27.2. The van der Waals surface area contributed by atoms with E-state index in [0.717, 1.165) is 40.2 Å². The van der Waals surface area contributed by atoms with E-state index in [1.54, 1.807) is 6.92 Å². The molecule has 0 amide bonds. The zero-order valence-corrected chi connectivity index (χ0v) is 27.9. The van der Waals surface area contributed by atoms with Crippen LogP contribution in [-0.4, -0.2) is 54.3 Å². The highest BCUT2D eigenvalue weighted by Gasteiger charge is 2.60. The number of ketones is 1. The van der Waals surface area contributed by atoms with E-state index in [1.807, 2.05) is 45.9 Å². The number of carbonyl (C=O) groups is 3. The third kappa shape index (κ3) is 4.74. The third-order valence-electron chi connectivity index (χ3n) is 10.2. The first kappa shape index (κ1) is 32.1. The molecule has 1 saturated carbocycles. The van der Waals surface area contributed by atoms with Crippen molar-refractivity contribution in [2.24, 2.45) is 32.2 Å². The molecule has 244 valence electrons. The lowest BCUT2D eigenvalue weighted by molar-refractivity contribution is -0.152. The van der Waals surface area contributed by atoms with Gasteiger partial charge in [0.15, 0.2) is 11.2 Å². The van der Waals surface area contributed by atoms with E-state index in [0.29, 0.717) is 57.2 Å². The number of hydroxylamine groups is 1. The molecule has 5 aliphatic heterocycles. The highest BCUT2D eigenvalue weighted by atomic mass is 16.5. The standard InChI is InChI=1S/C36H39N5O6/c1-9-20-16(2)24-13-28-22(15-37-45)18(4)23(39-28)12-25-17(3)21(10-11-29(42)46-7)32(40-25)31-33-30(34(43)36(31,6)35(44)47-8)19(5)26(41-33)14-27(20)38-24/h12-15,17,21,37,40,45H,9-11H2,1-8H3. The summed E-state index contributed by atoms with van der Waals surface area (Å²) >= 11 is 0. The molecule has 3 unspecified atom stereocenters. The highest BCUT2D eigenvalue weighted by Crippen LogP contribution is 2.52. The van der Waals surface area contributed by atoms with Crippen molar-refractivity contribution in [3.05, 3.63) is 91.9 Å². The van der Waals surface area contributed by atoms with E-state index in [1.165, 1.54) is 20.4 Å². The van der Waals surface area contributed by atoms with Gasteiger partial charge in [-0.2, -0.15) is 0 Å². The average molecular weight is 638 g/mol. The summed E-state index contributed by atoms with van der Waals surface area (Å²) in [5.41, 5.74) is 10.8. The Kier molecular flexibility index (Phi) is 7.99. The number of fused-ring (bicyclic) bond motifs is 5. The van der Waals surface area contributed by atoms with E-state index < -0.39 is 11.4 Å². The molecule has 2 fully saturated rings. The second-order valence-corrected chi connectivity index (χ2v) is 12.6. The molecule has 6 aliphatic rings. The van der Waals surface area contributed by atoms with E-state index in [9.17, 15) is 19.6 Å². The fourth-order valence-electron chi connectivity index (χ4n) is 7.42. The van der Waals surface area contributed by atoms with Gasteiger partial charge in [0.1, 0.15) is 0 Å². The summed E-state index contributed by atoms with van der Waals surface area (Å²) in [5.74, 6) is -1.88. The maximum absolute atomic E-state index is 14.4. The third-order valence-corrected chi connectivity index (χ3v) is 10.2. The number of esters is 2. The summed E-state index contributed by atoms with van der Waals surface area (Å²) in [6.07, 6.45) is 8.52. The molecule has 3 N–H and O–H groups in total. The number of hydrogen-bond donors (Lipinski definition) is 3. The molecule has 1 aliphatic carbocycles. The molecule has 0 radical (unpaired) electrons. The van der Waals surface area contributed by atoms with Gasteiger partial charge in [-0.25, -0.2) is 15.0 Å². The van der Waals surface area contributed by atoms with Crippen LogP contribution in [0.3, 0.4) is 0 Å². The topological polar surface area (TPSA) is 151 Å². The van der Waals surface area contributed by atoms with Crippen molar-refractivity contribution in [3.8, 4) is 0 Å². The summed E-state index contributed by atoms with van der Waals surface area (Å²) in [6, 6.07) is 0. The number of rotatable bonds is 6. The van der Waals surface area contributed by atoms with Crippen LogP contribution in [-0.2, 0) is 23.9 Å². The fraction of sp³-hybridized carbons (Fsp3) is 0.389. The largest absolute Gasteiger partial charge is 0.469 e. The number of nitrogens with one attached hydrogen (secondary N) is 2. The smallest absolute Gasteiger partial charge is 0.324 e. The molecule has 0 aromatic carbocycles. The van der Waals surface area contributed by atoms with E-state index >= 15 is 0 Å². The quantitative estimate of drug-likeness (QED) is 0.209. The molecule has 47 heavy (non-hydrogen) atoms. The molecule has 11 heteroatoms. The molecule has 0 aromatic heterocycles. The van der Waals surface area contributed by atoms with Gasteiger partial charge in [-0.15, -0.1) is 0 Å². The monoisotopic (exact) mass is 637 g/mol. The minimum absolute atomic E-state index is 0.136. The molecule has 0 aromatic rings. The number of carbonyl (C=O) groups excluding carboxylic acids is 3. The van der Waals surface area contributed by atoms with Gasteiger partial charge in [0.05, 0.1) is 54.0 Å². The second kappa shape index (κ2) is 11.7. The van der Waals surface area contributed by atoms with Gasteiger partial charge >= 0.3 is 11.9 Å². The molecule has 11 nitrogen and oxygen atoms in total. The Morgan fingerprint density at radius 2 is 1.72 bits per heavy atom. The first-order chi connectivity index (χ1) is 22.4. The Bertz CT molecular complexity index is 1910. The lowest BCUT2D eigenvalue weighted by Gasteiger charge is -2.25. The van der Waals surface area contributed by atoms with Gasteiger partial charge in [0.25, 0.3) is 0 Å². The number of Topliss-reactive ketones (excluding diaryl/α,β-unsaturated/α-hetero) is 1. The average Bonchev–Trinajstić information content (AvgIpc) is 3.77. The van der Waals surface area contributed by atoms with Gasteiger partial charge in [0.2, 0.25) is 0 Å². The van der Waals surface area contributed by atoms with Crippen molar-refractivity contribution in [2.75, 3.05) is 14.2 Å². The minimum Gasteiger partial charge on any atom is -0.469 e. The van der Waals surface area contributed by atoms with Crippen molar-refractivity contribution < 1.29 is 29.1 Å². The summed E-state index contributed by atoms with van der Waals surface area (Å²) in [7, 11) is 2.63. The number of nitrogens with zero attached hydrogens (tertiary/aromatic N) is 3. The van der Waals surface area contributed by atoms with Crippen LogP contribution in [0, 0.1) is 17.3 Å². The predicted molar refractivity (Wildman–Crippen MR) is 177 cm³/mol. The summed E-state index contributed by atoms with van der Waals surface area (Å²) in [4.78, 5) is 55.3. The first-order valence-corrected chi connectivity index (χ1v) is 15.8. The van der Waals surface area contributed by atoms with Crippen molar-refractivity contribution >= 4 is 34.9 Å². The summed E-state index contributed by atoms with van der Waals surface area (Å²) in [6.45, 7) is 11.5. The van der Waals surface area contributed by atoms with Crippen LogP contribution in [0.2, 0.25) is 0 Å². The molecular formula is C36H39N5O6. The van der Waals surface area contributed by atoms with Gasteiger partial charge < -0.3 is 14.8 Å². The number of allylic oxidation sites excluding steroid dienone is 11. The number of hydrogen-bond acceptors (Lipinski definition) is 11. The zero-order valence-electron chi connectivity index (χ0n) is 27.9. The Morgan fingerprint density at radius 3 is 2.38 bits per heavy atom. The molecule has 6 rings (SSSR count). The Hall–Kier alpha value is -4.90. The minimum atomic E-state index is -1.66. The Balaban J connectivity index is 1.69. The van der Waals surface area contributed by atoms with Crippen LogP contribution in [0.15, 0.2) is 107 Å². The van der Waals surface area contributed by atoms with E-state index in [2.05, 4.69) is 17.7 Å². The maximum Gasteiger partial charge on any atom is 0.324 e. The predicted octanol–water partition coefficient (Wildman–Crippen LogP) is 5.02. The maximum atomic E-state index is 14.4. The molecule has 0 spiro atoms. The first-order valence-electron chi connectivity index (χ1n) is 15.8. The lowest BCUT2D eigenvalue weighted by Crippen LogP contribution is -2.37. The molecule has 8 bridgehead atoms. The van der Waals surface area contributed by atoms with Crippen molar-refractivity contribution in [1.29, 1.82) is 0 Å². The Labute approximate surface area is 273 Å². The van der Waals surface area contributed by atoms with Crippen LogP contribution in [0.5, 0.6) is 0 Å². The van der Waals surface area contributed by atoms with Crippen LogP contribution in [0.4, 0.5) is 0 Å². The zero-order chi connectivity index (χ0) is 33.9. The van der Waals surface area contributed by atoms with Crippen LogP contribution in [0.1, 0.15) is 60.8 Å². The van der Waals surface area contributed by atoms with Crippen LogP contribution < -0.4 is 10.8 Å². The second-order valence-electron chi connectivity index (χ2n) is 12.6. The summed E-state index contributed by atoms with van der Waals surface area (Å²) in [5, 5.41) is 13.2. The molecule has 1 saturated heterocycles. The number of aliphatic imine (C=N–C) groups is 3. The fourth-order valence-corrected chi connectivity index (χ4v) is 7.42. The summed E-state index contributed by atoms with van der Waals surface area (Å²) < 4.78 is 10.2.